The van der Waals surface area contributed by atoms with Crippen molar-refractivity contribution in [2.45, 2.75) is 46.1 Å². The minimum absolute atomic E-state index is 0.235. The van der Waals surface area contributed by atoms with E-state index in [9.17, 15) is 4.79 Å². The molecule has 0 aromatic heterocycles. The maximum absolute atomic E-state index is 12.6. The minimum atomic E-state index is 0.235. The lowest BCUT2D eigenvalue weighted by molar-refractivity contribution is -0.137. The molecule has 2 fully saturated rings. The third-order valence-electron chi connectivity index (χ3n) is 6.49. The molecule has 2 aliphatic rings. The van der Waals surface area contributed by atoms with Gasteiger partial charge in [0.25, 0.3) is 0 Å². The van der Waals surface area contributed by atoms with Crippen molar-refractivity contribution in [2.75, 3.05) is 45.8 Å². The SMILES string of the molecule is CCC(CC)C(=O)N1CCC(CN2CCN(Cc3ccccc3)CC2)CC1. The van der Waals surface area contributed by atoms with Crippen molar-refractivity contribution in [3.05, 3.63) is 35.9 Å². The van der Waals surface area contributed by atoms with E-state index in [0.717, 1.165) is 38.4 Å². The quantitative estimate of drug-likeness (QED) is 0.734. The van der Waals surface area contributed by atoms with Crippen molar-refractivity contribution >= 4 is 5.91 Å². The molecule has 4 nitrogen and oxygen atoms in total. The van der Waals surface area contributed by atoms with Crippen LogP contribution in [-0.2, 0) is 11.3 Å². The Morgan fingerprint density at radius 2 is 1.52 bits per heavy atom. The highest BCUT2D eigenvalue weighted by atomic mass is 16.2. The highest BCUT2D eigenvalue weighted by molar-refractivity contribution is 5.78. The van der Waals surface area contributed by atoms with Crippen molar-refractivity contribution in [3.8, 4) is 0 Å². The van der Waals surface area contributed by atoms with Crippen molar-refractivity contribution in [2.24, 2.45) is 11.8 Å². The zero-order valence-corrected chi connectivity index (χ0v) is 17.3. The lowest BCUT2D eigenvalue weighted by Crippen LogP contribution is -2.49. The summed E-state index contributed by atoms with van der Waals surface area (Å²) in [6.07, 6.45) is 4.30. The first-order chi connectivity index (χ1) is 13.2. The second kappa shape index (κ2) is 10.2. The van der Waals surface area contributed by atoms with Gasteiger partial charge in [0, 0.05) is 58.3 Å². The van der Waals surface area contributed by atoms with Gasteiger partial charge in [-0.3, -0.25) is 9.69 Å². The summed E-state index contributed by atoms with van der Waals surface area (Å²) < 4.78 is 0. The van der Waals surface area contributed by atoms with Crippen molar-refractivity contribution in [1.29, 1.82) is 0 Å². The van der Waals surface area contributed by atoms with E-state index in [4.69, 9.17) is 0 Å². The molecule has 0 aliphatic carbocycles. The molecule has 0 N–H and O–H groups in total. The summed E-state index contributed by atoms with van der Waals surface area (Å²) in [5, 5.41) is 0. The number of benzene rings is 1. The molecule has 0 radical (unpaired) electrons. The molecule has 150 valence electrons. The Balaban J connectivity index is 1.36. The number of piperidine rings is 1. The van der Waals surface area contributed by atoms with Crippen LogP contribution in [0.2, 0.25) is 0 Å². The molecule has 2 heterocycles. The molecular formula is C23H37N3O. The van der Waals surface area contributed by atoms with Crippen LogP contribution in [0.15, 0.2) is 30.3 Å². The molecule has 0 atom stereocenters. The number of hydrogen-bond donors (Lipinski definition) is 0. The third-order valence-corrected chi connectivity index (χ3v) is 6.49. The van der Waals surface area contributed by atoms with Crippen LogP contribution in [0.25, 0.3) is 0 Å². The number of rotatable bonds is 7. The van der Waals surface area contributed by atoms with Gasteiger partial charge >= 0.3 is 0 Å². The average Bonchev–Trinajstić information content (AvgIpc) is 2.72. The Labute approximate surface area is 165 Å². The van der Waals surface area contributed by atoms with E-state index in [1.54, 1.807) is 0 Å². The fourth-order valence-corrected chi connectivity index (χ4v) is 4.57. The molecular weight excluding hydrogens is 334 g/mol. The van der Waals surface area contributed by atoms with Gasteiger partial charge in [-0.1, -0.05) is 44.2 Å². The second-order valence-electron chi connectivity index (χ2n) is 8.34. The predicted molar refractivity (Wildman–Crippen MR) is 112 cm³/mol. The van der Waals surface area contributed by atoms with E-state index in [0.29, 0.717) is 5.91 Å². The second-order valence-corrected chi connectivity index (χ2v) is 8.34. The number of carbonyl (C=O) groups excluding carboxylic acids is 1. The van der Waals surface area contributed by atoms with Crippen LogP contribution in [0, 0.1) is 11.8 Å². The van der Waals surface area contributed by atoms with E-state index in [1.165, 1.54) is 51.1 Å². The number of hydrogen-bond acceptors (Lipinski definition) is 3. The van der Waals surface area contributed by atoms with E-state index in [-0.39, 0.29) is 5.92 Å². The molecule has 1 aromatic rings. The molecule has 0 spiro atoms. The van der Waals surface area contributed by atoms with Crippen LogP contribution in [0.4, 0.5) is 0 Å². The van der Waals surface area contributed by atoms with E-state index in [2.05, 4.69) is 58.9 Å². The fraction of sp³-hybridized carbons (Fsp3) is 0.696. The Hall–Kier alpha value is -1.39. The number of piperazine rings is 1. The van der Waals surface area contributed by atoms with Crippen LogP contribution in [0.1, 0.15) is 45.1 Å². The number of carbonyl (C=O) groups is 1. The van der Waals surface area contributed by atoms with Gasteiger partial charge in [0.15, 0.2) is 0 Å². The first-order valence-corrected chi connectivity index (χ1v) is 11.0. The Kier molecular flexibility index (Phi) is 7.71. The average molecular weight is 372 g/mol. The zero-order chi connectivity index (χ0) is 19.1. The molecule has 0 bridgehead atoms. The van der Waals surface area contributed by atoms with Gasteiger partial charge in [0.2, 0.25) is 5.91 Å². The van der Waals surface area contributed by atoms with Gasteiger partial charge in [-0.25, -0.2) is 0 Å². The third kappa shape index (κ3) is 5.79. The van der Waals surface area contributed by atoms with E-state index >= 15 is 0 Å². The summed E-state index contributed by atoms with van der Waals surface area (Å²) in [6.45, 7) is 13.2. The fourth-order valence-electron chi connectivity index (χ4n) is 4.57. The predicted octanol–water partition coefficient (Wildman–Crippen LogP) is 3.48. The van der Waals surface area contributed by atoms with Gasteiger partial charge in [0.1, 0.15) is 0 Å². The number of likely N-dealkylation sites (tertiary alicyclic amines) is 1. The molecule has 4 heteroatoms. The van der Waals surface area contributed by atoms with E-state index in [1.807, 2.05) is 0 Å². The Morgan fingerprint density at radius 1 is 0.926 bits per heavy atom. The van der Waals surface area contributed by atoms with Crippen LogP contribution < -0.4 is 0 Å². The van der Waals surface area contributed by atoms with Crippen molar-refractivity contribution in [3.63, 3.8) is 0 Å². The summed E-state index contributed by atoms with van der Waals surface area (Å²) in [5.74, 6) is 1.39. The highest BCUT2D eigenvalue weighted by Gasteiger charge is 2.28. The van der Waals surface area contributed by atoms with Crippen LogP contribution in [-0.4, -0.2) is 66.4 Å². The van der Waals surface area contributed by atoms with Gasteiger partial charge in [-0.15, -0.1) is 0 Å². The highest BCUT2D eigenvalue weighted by Crippen LogP contribution is 2.22. The first-order valence-electron chi connectivity index (χ1n) is 11.0. The zero-order valence-electron chi connectivity index (χ0n) is 17.3. The summed E-state index contributed by atoms with van der Waals surface area (Å²) >= 11 is 0. The molecule has 27 heavy (non-hydrogen) atoms. The van der Waals surface area contributed by atoms with Crippen LogP contribution in [0.3, 0.4) is 0 Å². The largest absolute Gasteiger partial charge is 0.342 e. The minimum Gasteiger partial charge on any atom is -0.342 e. The molecule has 3 rings (SSSR count). The smallest absolute Gasteiger partial charge is 0.225 e. The summed E-state index contributed by atoms with van der Waals surface area (Å²) in [7, 11) is 0. The molecule has 0 saturated carbocycles. The maximum atomic E-state index is 12.6. The summed E-state index contributed by atoms with van der Waals surface area (Å²) in [6, 6.07) is 10.8. The van der Waals surface area contributed by atoms with Crippen molar-refractivity contribution in [1.82, 2.24) is 14.7 Å². The van der Waals surface area contributed by atoms with Gasteiger partial charge in [0.05, 0.1) is 0 Å². The van der Waals surface area contributed by atoms with Gasteiger partial charge in [-0.2, -0.15) is 0 Å². The topological polar surface area (TPSA) is 26.8 Å². The molecule has 1 aromatic carbocycles. The lowest BCUT2D eigenvalue weighted by atomic mass is 9.93. The summed E-state index contributed by atoms with van der Waals surface area (Å²) in [5.41, 5.74) is 1.42. The normalized spacial score (nSPS) is 20.3. The standard InChI is InChI=1S/C23H37N3O/c1-3-22(4-2)23(27)26-12-10-21(11-13-26)19-25-16-14-24(15-17-25)18-20-8-6-5-7-9-20/h5-9,21-22H,3-4,10-19H2,1-2H3. The van der Waals surface area contributed by atoms with Crippen molar-refractivity contribution < 1.29 is 4.79 Å². The van der Waals surface area contributed by atoms with E-state index < -0.39 is 0 Å². The first kappa shape index (κ1) is 20.3. The Morgan fingerprint density at radius 3 is 2.11 bits per heavy atom. The number of nitrogens with zero attached hydrogens (tertiary/aromatic N) is 3. The van der Waals surface area contributed by atoms with Crippen LogP contribution in [0.5, 0.6) is 0 Å². The van der Waals surface area contributed by atoms with Crippen LogP contribution >= 0.6 is 0 Å². The molecule has 2 aliphatic heterocycles. The molecule has 2 saturated heterocycles. The van der Waals surface area contributed by atoms with Gasteiger partial charge in [-0.05, 0) is 37.2 Å². The van der Waals surface area contributed by atoms with Gasteiger partial charge < -0.3 is 9.80 Å². The monoisotopic (exact) mass is 371 g/mol. The Bertz CT molecular complexity index is 556. The molecule has 1 amide bonds. The number of amides is 1. The molecule has 0 unspecified atom stereocenters. The lowest BCUT2D eigenvalue weighted by Gasteiger charge is -2.39. The maximum Gasteiger partial charge on any atom is 0.225 e. The summed E-state index contributed by atoms with van der Waals surface area (Å²) in [4.78, 5) is 19.9.